The first-order valence-corrected chi connectivity index (χ1v) is 5.52. The summed E-state index contributed by atoms with van der Waals surface area (Å²) in [5, 5.41) is 0.0935. The molecule has 0 saturated carbocycles. The molecule has 82 valence electrons. The lowest BCUT2D eigenvalue weighted by Gasteiger charge is -2.29. The van der Waals surface area contributed by atoms with Crippen molar-refractivity contribution in [2.24, 2.45) is 7.05 Å². The standard InChI is InChI=1S/C10H14ClN3O/c1-13-7-12-5-9(13)10(15)14-4-2-3-8(11)6-14/h5,7-8H,2-4,6H2,1H3. The highest BCUT2D eigenvalue weighted by Crippen LogP contribution is 2.17. The second-order valence-electron chi connectivity index (χ2n) is 3.88. The molecule has 0 bridgehead atoms. The molecule has 5 heteroatoms. The summed E-state index contributed by atoms with van der Waals surface area (Å²) in [5.41, 5.74) is 0.626. The van der Waals surface area contributed by atoms with Gasteiger partial charge in [0.05, 0.1) is 17.9 Å². The van der Waals surface area contributed by atoms with Crippen LogP contribution in [0, 0.1) is 0 Å². The zero-order chi connectivity index (χ0) is 10.8. The molecular weight excluding hydrogens is 214 g/mol. The van der Waals surface area contributed by atoms with E-state index in [2.05, 4.69) is 4.98 Å². The summed E-state index contributed by atoms with van der Waals surface area (Å²) in [4.78, 5) is 17.8. The summed E-state index contributed by atoms with van der Waals surface area (Å²) in [6.45, 7) is 1.44. The first-order chi connectivity index (χ1) is 7.18. The molecule has 0 radical (unpaired) electrons. The van der Waals surface area contributed by atoms with E-state index in [-0.39, 0.29) is 11.3 Å². The Kier molecular flexibility index (Phi) is 2.95. The molecule has 1 atom stereocenters. The van der Waals surface area contributed by atoms with Crippen LogP contribution in [0.5, 0.6) is 0 Å². The van der Waals surface area contributed by atoms with Gasteiger partial charge in [-0.05, 0) is 12.8 Å². The van der Waals surface area contributed by atoms with Crippen LogP contribution in [0.15, 0.2) is 12.5 Å². The minimum atomic E-state index is 0.0281. The van der Waals surface area contributed by atoms with Crippen LogP contribution >= 0.6 is 11.6 Å². The SMILES string of the molecule is Cn1cncc1C(=O)N1CCCC(Cl)C1. The van der Waals surface area contributed by atoms with Crippen LogP contribution in [-0.2, 0) is 7.05 Å². The molecule has 1 amide bonds. The van der Waals surface area contributed by atoms with Crippen LogP contribution in [0.4, 0.5) is 0 Å². The fraction of sp³-hybridized carbons (Fsp3) is 0.600. The quantitative estimate of drug-likeness (QED) is 0.678. The summed E-state index contributed by atoms with van der Waals surface area (Å²) >= 11 is 6.04. The van der Waals surface area contributed by atoms with Gasteiger partial charge in [0.2, 0.25) is 0 Å². The Morgan fingerprint density at radius 1 is 1.67 bits per heavy atom. The van der Waals surface area contributed by atoms with Crippen molar-refractivity contribution in [1.29, 1.82) is 0 Å². The van der Waals surface area contributed by atoms with Crippen LogP contribution in [0.2, 0.25) is 0 Å². The third-order valence-electron chi connectivity index (χ3n) is 2.69. The molecule has 1 saturated heterocycles. The predicted molar refractivity (Wildman–Crippen MR) is 58.0 cm³/mol. The number of piperidine rings is 1. The number of likely N-dealkylation sites (tertiary alicyclic amines) is 1. The van der Waals surface area contributed by atoms with Crippen molar-refractivity contribution in [2.75, 3.05) is 13.1 Å². The lowest BCUT2D eigenvalue weighted by Crippen LogP contribution is -2.41. The Morgan fingerprint density at radius 3 is 3.07 bits per heavy atom. The van der Waals surface area contributed by atoms with Gasteiger partial charge in [0, 0.05) is 20.1 Å². The van der Waals surface area contributed by atoms with Crippen molar-refractivity contribution in [3.05, 3.63) is 18.2 Å². The van der Waals surface area contributed by atoms with E-state index < -0.39 is 0 Å². The van der Waals surface area contributed by atoms with E-state index in [1.165, 1.54) is 0 Å². The molecule has 1 fully saturated rings. The number of rotatable bonds is 1. The summed E-state index contributed by atoms with van der Waals surface area (Å²) in [5.74, 6) is 0.0281. The van der Waals surface area contributed by atoms with Crippen LogP contribution in [0.25, 0.3) is 0 Å². The third kappa shape index (κ3) is 2.15. The zero-order valence-electron chi connectivity index (χ0n) is 8.69. The van der Waals surface area contributed by atoms with Crippen molar-refractivity contribution in [1.82, 2.24) is 14.5 Å². The van der Waals surface area contributed by atoms with Gasteiger partial charge in [0.15, 0.2) is 0 Å². The van der Waals surface area contributed by atoms with Crippen molar-refractivity contribution in [3.63, 3.8) is 0 Å². The maximum absolute atomic E-state index is 12.0. The molecule has 4 nitrogen and oxygen atoms in total. The second-order valence-corrected chi connectivity index (χ2v) is 4.50. The smallest absolute Gasteiger partial charge is 0.272 e. The van der Waals surface area contributed by atoms with Crippen LogP contribution in [0.1, 0.15) is 23.3 Å². The Hall–Kier alpha value is -1.03. The monoisotopic (exact) mass is 227 g/mol. The van der Waals surface area contributed by atoms with Crippen LogP contribution in [-0.4, -0.2) is 38.8 Å². The Bertz CT molecular complexity index is 363. The molecule has 1 aromatic heterocycles. The summed E-state index contributed by atoms with van der Waals surface area (Å²) < 4.78 is 1.74. The molecule has 0 aromatic carbocycles. The molecule has 1 unspecified atom stereocenters. The van der Waals surface area contributed by atoms with Gasteiger partial charge in [0.25, 0.3) is 5.91 Å². The topological polar surface area (TPSA) is 38.1 Å². The molecule has 1 aromatic rings. The number of hydrogen-bond donors (Lipinski definition) is 0. The number of nitrogens with zero attached hydrogens (tertiary/aromatic N) is 3. The van der Waals surface area contributed by atoms with E-state index in [0.717, 1.165) is 19.4 Å². The molecule has 2 rings (SSSR count). The zero-order valence-corrected chi connectivity index (χ0v) is 9.44. The lowest BCUT2D eigenvalue weighted by atomic mass is 10.1. The molecule has 0 N–H and O–H groups in total. The largest absolute Gasteiger partial charge is 0.336 e. The Morgan fingerprint density at radius 2 is 2.47 bits per heavy atom. The number of aryl methyl sites for hydroxylation is 1. The first kappa shape index (κ1) is 10.5. The van der Waals surface area contributed by atoms with E-state index in [0.29, 0.717) is 12.2 Å². The number of carbonyl (C=O) groups is 1. The van der Waals surface area contributed by atoms with E-state index in [4.69, 9.17) is 11.6 Å². The maximum atomic E-state index is 12.0. The normalized spacial score (nSPS) is 21.7. The molecule has 1 aliphatic heterocycles. The molecule has 1 aliphatic rings. The Balaban J connectivity index is 2.11. The van der Waals surface area contributed by atoms with Crippen molar-refractivity contribution < 1.29 is 4.79 Å². The van der Waals surface area contributed by atoms with Gasteiger partial charge in [-0.3, -0.25) is 4.79 Å². The predicted octanol–water partition coefficient (Wildman–Crippen LogP) is 1.26. The number of carbonyl (C=O) groups excluding carboxylic acids is 1. The van der Waals surface area contributed by atoms with Crippen molar-refractivity contribution >= 4 is 17.5 Å². The number of alkyl halides is 1. The average molecular weight is 228 g/mol. The Labute approximate surface area is 93.8 Å². The molecule has 0 spiro atoms. The van der Waals surface area contributed by atoms with E-state index in [1.807, 2.05) is 7.05 Å². The molecular formula is C10H14ClN3O. The minimum Gasteiger partial charge on any atom is -0.336 e. The first-order valence-electron chi connectivity index (χ1n) is 5.08. The molecule has 2 heterocycles. The minimum absolute atomic E-state index is 0.0281. The van der Waals surface area contributed by atoms with Crippen molar-refractivity contribution in [2.45, 2.75) is 18.2 Å². The lowest BCUT2D eigenvalue weighted by molar-refractivity contribution is 0.0717. The maximum Gasteiger partial charge on any atom is 0.272 e. The number of amides is 1. The summed E-state index contributed by atoms with van der Waals surface area (Å²) in [6, 6.07) is 0. The van der Waals surface area contributed by atoms with E-state index in [9.17, 15) is 4.79 Å². The fourth-order valence-corrected chi connectivity index (χ4v) is 2.16. The van der Waals surface area contributed by atoms with Gasteiger partial charge in [-0.15, -0.1) is 11.6 Å². The molecule has 15 heavy (non-hydrogen) atoms. The van der Waals surface area contributed by atoms with Gasteiger partial charge < -0.3 is 9.47 Å². The number of aromatic nitrogens is 2. The number of hydrogen-bond acceptors (Lipinski definition) is 2. The van der Waals surface area contributed by atoms with Crippen molar-refractivity contribution in [3.8, 4) is 0 Å². The summed E-state index contributed by atoms with van der Waals surface area (Å²) in [7, 11) is 1.82. The number of halogens is 1. The molecule has 0 aliphatic carbocycles. The average Bonchev–Trinajstić information content (AvgIpc) is 2.63. The van der Waals surface area contributed by atoms with Gasteiger partial charge in [-0.2, -0.15) is 0 Å². The van der Waals surface area contributed by atoms with Crippen LogP contribution in [0.3, 0.4) is 0 Å². The highest BCUT2D eigenvalue weighted by Gasteiger charge is 2.24. The highest BCUT2D eigenvalue weighted by molar-refractivity contribution is 6.21. The van der Waals surface area contributed by atoms with Gasteiger partial charge in [-0.1, -0.05) is 0 Å². The van der Waals surface area contributed by atoms with Gasteiger partial charge in [0.1, 0.15) is 5.69 Å². The second kappa shape index (κ2) is 4.23. The summed E-state index contributed by atoms with van der Waals surface area (Å²) in [6.07, 6.45) is 5.21. The third-order valence-corrected chi connectivity index (χ3v) is 3.04. The van der Waals surface area contributed by atoms with Gasteiger partial charge >= 0.3 is 0 Å². The fourth-order valence-electron chi connectivity index (χ4n) is 1.84. The highest BCUT2D eigenvalue weighted by atomic mass is 35.5. The number of imidazole rings is 1. The van der Waals surface area contributed by atoms with E-state index >= 15 is 0 Å². The van der Waals surface area contributed by atoms with Crippen LogP contribution < -0.4 is 0 Å². The van der Waals surface area contributed by atoms with E-state index in [1.54, 1.807) is 22.0 Å². The van der Waals surface area contributed by atoms with Gasteiger partial charge in [-0.25, -0.2) is 4.98 Å².